The van der Waals surface area contributed by atoms with E-state index in [0.29, 0.717) is 30.5 Å². The number of hydrogen-bond donors (Lipinski definition) is 0. The highest BCUT2D eigenvalue weighted by Gasteiger charge is 2.45. The second-order valence-electron chi connectivity index (χ2n) is 7.70. The zero-order valence-electron chi connectivity index (χ0n) is 15.7. The van der Waals surface area contributed by atoms with E-state index in [4.69, 9.17) is 4.74 Å². The van der Waals surface area contributed by atoms with E-state index in [1.165, 1.54) is 0 Å². The molecular weight excluding hydrogens is 332 g/mol. The summed E-state index contributed by atoms with van der Waals surface area (Å²) in [6.07, 6.45) is 3.96. The molecule has 3 amide bonds. The van der Waals surface area contributed by atoms with Gasteiger partial charge in [-0.25, -0.2) is 9.78 Å². The van der Waals surface area contributed by atoms with Crippen molar-refractivity contribution in [2.45, 2.75) is 31.7 Å². The molecule has 140 valence electrons. The molecular formula is C19H26N4O3. The molecule has 0 N–H and O–H groups in total. The highest BCUT2D eigenvalue weighted by Crippen LogP contribution is 2.34. The molecule has 4 rings (SSSR count). The van der Waals surface area contributed by atoms with E-state index in [1.54, 1.807) is 26.1 Å². The first-order valence-corrected chi connectivity index (χ1v) is 9.33. The Morgan fingerprint density at radius 1 is 1.27 bits per heavy atom. The highest BCUT2D eigenvalue weighted by molar-refractivity contribution is 5.97. The van der Waals surface area contributed by atoms with Gasteiger partial charge in [-0.05, 0) is 37.3 Å². The van der Waals surface area contributed by atoms with E-state index >= 15 is 0 Å². The fourth-order valence-electron chi connectivity index (χ4n) is 4.55. The van der Waals surface area contributed by atoms with Gasteiger partial charge in [-0.2, -0.15) is 0 Å². The summed E-state index contributed by atoms with van der Waals surface area (Å²) < 4.78 is 5.41. The average Bonchev–Trinajstić information content (AvgIpc) is 3.33. The molecule has 0 bridgehead atoms. The number of fused-ring (bicyclic) bond motifs is 2. The van der Waals surface area contributed by atoms with Crippen LogP contribution in [0.2, 0.25) is 0 Å². The SMILES string of the molecule is COc1nc2c(cc1C(=O)N1C[C@@H]3CCN(C(=O)N(C)C)[C@@H]3C1)CCC2. The van der Waals surface area contributed by atoms with Gasteiger partial charge in [0.05, 0.1) is 13.2 Å². The Labute approximate surface area is 153 Å². The Morgan fingerprint density at radius 3 is 2.81 bits per heavy atom. The minimum atomic E-state index is -0.0318. The fraction of sp³-hybridized carbons (Fsp3) is 0.632. The molecule has 7 nitrogen and oxygen atoms in total. The molecule has 2 saturated heterocycles. The molecule has 2 aliphatic heterocycles. The van der Waals surface area contributed by atoms with Gasteiger partial charge in [-0.1, -0.05) is 0 Å². The zero-order chi connectivity index (χ0) is 18.4. The summed E-state index contributed by atoms with van der Waals surface area (Å²) in [7, 11) is 5.11. The molecule has 7 heteroatoms. The summed E-state index contributed by atoms with van der Waals surface area (Å²) in [5, 5.41) is 0. The van der Waals surface area contributed by atoms with Crippen LogP contribution in [-0.4, -0.2) is 78.5 Å². The number of rotatable bonds is 2. The Kier molecular flexibility index (Phi) is 4.25. The predicted molar refractivity (Wildman–Crippen MR) is 96.4 cm³/mol. The van der Waals surface area contributed by atoms with Crippen molar-refractivity contribution in [1.82, 2.24) is 19.7 Å². The lowest BCUT2D eigenvalue weighted by molar-refractivity contribution is 0.0767. The topological polar surface area (TPSA) is 66.0 Å². The molecule has 3 heterocycles. The van der Waals surface area contributed by atoms with Gasteiger partial charge in [0.2, 0.25) is 5.88 Å². The molecule has 0 spiro atoms. The first-order valence-electron chi connectivity index (χ1n) is 9.33. The van der Waals surface area contributed by atoms with Crippen LogP contribution in [0.1, 0.15) is 34.5 Å². The van der Waals surface area contributed by atoms with Crippen molar-refractivity contribution in [2.24, 2.45) is 5.92 Å². The van der Waals surface area contributed by atoms with Crippen LogP contribution < -0.4 is 4.74 Å². The van der Waals surface area contributed by atoms with E-state index in [0.717, 1.165) is 43.5 Å². The highest BCUT2D eigenvalue weighted by atomic mass is 16.5. The Morgan fingerprint density at radius 2 is 2.08 bits per heavy atom. The van der Waals surface area contributed by atoms with Gasteiger partial charge < -0.3 is 19.4 Å². The van der Waals surface area contributed by atoms with Crippen LogP contribution in [-0.2, 0) is 12.8 Å². The van der Waals surface area contributed by atoms with Crippen LogP contribution >= 0.6 is 0 Å². The lowest BCUT2D eigenvalue weighted by atomic mass is 10.1. The van der Waals surface area contributed by atoms with Crippen LogP contribution in [0.5, 0.6) is 5.88 Å². The molecule has 1 aromatic heterocycles. The third-order valence-electron chi connectivity index (χ3n) is 5.90. The van der Waals surface area contributed by atoms with Gasteiger partial charge in [0.15, 0.2) is 0 Å². The minimum Gasteiger partial charge on any atom is -0.480 e. The van der Waals surface area contributed by atoms with Gasteiger partial charge in [-0.3, -0.25) is 4.79 Å². The third kappa shape index (κ3) is 2.70. The Hall–Kier alpha value is -2.31. The quantitative estimate of drug-likeness (QED) is 0.802. The summed E-state index contributed by atoms with van der Waals surface area (Å²) in [4.78, 5) is 35.5. The molecule has 1 aliphatic carbocycles. The number of urea groups is 1. The molecule has 1 aromatic rings. The second kappa shape index (κ2) is 6.45. The number of carbonyl (C=O) groups excluding carboxylic acids is 2. The summed E-state index contributed by atoms with van der Waals surface area (Å²) in [6.45, 7) is 2.06. The van der Waals surface area contributed by atoms with Crippen molar-refractivity contribution in [3.8, 4) is 5.88 Å². The van der Waals surface area contributed by atoms with Crippen LogP contribution in [0.4, 0.5) is 4.79 Å². The molecule has 0 aromatic carbocycles. The van der Waals surface area contributed by atoms with Crippen molar-refractivity contribution >= 4 is 11.9 Å². The number of methoxy groups -OCH3 is 1. The predicted octanol–water partition coefficient (Wildman–Crippen LogP) is 1.41. The number of hydrogen-bond acceptors (Lipinski definition) is 4. The van der Waals surface area contributed by atoms with Crippen molar-refractivity contribution in [2.75, 3.05) is 40.8 Å². The van der Waals surface area contributed by atoms with Gasteiger partial charge in [0.25, 0.3) is 5.91 Å². The van der Waals surface area contributed by atoms with Gasteiger partial charge in [-0.15, -0.1) is 0 Å². The molecule has 2 atom stereocenters. The molecule has 26 heavy (non-hydrogen) atoms. The van der Waals surface area contributed by atoms with Gasteiger partial charge >= 0.3 is 6.03 Å². The van der Waals surface area contributed by atoms with Crippen molar-refractivity contribution in [1.29, 1.82) is 0 Å². The van der Waals surface area contributed by atoms with E-state index in [-0.39, 0.29) is 18.0 Å². The molecule has 3 aliphatic rings. The van der Waals surface area contributed by atoms with Crippen LogP contribution in [0.15, 0.2) is 6.07 Å². The number of ether oxygens (including phenoxy) is 1. The Bertz CT molecular complexity index is 749. The smallest absolute Gasteiger partial charge is 0.319 e. The largest absolute Gasteiger partial charge is 0.480 e. The monoisotopic (exact) mass is 358 g/mol. The molecule has 0 saturated carbocycles. The lowest BCUT2D eigenvalue weighted by Crippen LogP contribution is -2.45. The molecule has 0 unspecified atom stereocenters. The number of aromatic nitrogens is 1. The van der Waals surface area contributed by atoms with Gasteiger partial charge in [0.1, 0.15) is 5.56 Å². The average molecular weight is 358 g/mol. The fourth-order valence-corrected chi connectivity index (χ4v) is 4.55. The zero-order valence-corrected chi connectivity index (χ0v) is 15.7. The number of likely N-dealkylation sites (tertiary alicyclic amines) is 2. The number of carbonyl (C=O) groups is 2. The van der Waals surface area contributed by atoms with Crippen LogP contribution in [0.25, 0.3) is 0 Å². The maximum atomic E-state index is 13.2. The van der Waals surface area contributed by atoms with Crippen LogP contribution in [0, 0.1) is 5.92 Å². The Balaban J connectivity index is 1.55. The summed E-state index contributed by atoms with van der Waals surface area (Å²) >= 11 is 0. The summed E-state index contributed by atoms with van der Waals surface area (Å²) in [5.74, 6) is 0.751. The normalized spacial score (nSPS) is 23.8. The van der Waals surface area contributed by atoms with Crippen molar-refractivity contribution < 1.29 is 14.3 Å². The second-order valence-corrected chi connectivity index (χ2v) is 7.70. The number of nitrogens with zero attached hydrogens (tertiary/aromatic N) is 4. The summed E-state index contributed by atoms with van der Waals surface area (Å²) in [5.41, 5.74) is 2.77. The first-order chi connectivity index (χ1) is 12.5. The van der Waals surface area contributed by atoms with E-state index < -0.39 is 0 Å². The number of amides is 3. The van der Waals surface area contributed by atoms with Crippen LogP contribution in [0.3, 0.4) is 0 Å². The van der Waals surface area contributed by atoms with Gasteiger partial charge in [0, 0.05) is 45.3 Å². The first kappa shape index (κ1) is 17.1. The molecule has 2 fully saturated rings. The minimum absolute atomic E-state index is 0.0311. The standard InChI is InChI=1S/C19H26N4O3/c1-21(2)19(25)23-8-7-13-10-22(11-16(13)23)18(24)14-9-12-5-4-6-15(12)20-17(14)26-3/h9,13,16H,4-8,10-11H2,1-3H3/t13-,16+/m0/s1. The summed E-state index contributed by atoms with van der Waals surface area (Å²) in [6, 6.07) is 2.11. The van der Waals surface area contributed by atoms with E-state index in [2.05, 4.69) is 4.98 Å². The maximum absolute atomic E-state index is 13.2. The molecule has 0 radical (unpaired) electrons. The van der Waals surface area contributed by atoms with E-state index in [9.17, 15) is 9.59 Å². The maximum Gasteiger partial charge on any atom is 0.319 e. The van der Waals surface area contributed by atoms with Crippen molar-refractivity contribution in [3.63, 3.8) is 0 Å². The lowest BCUT2D eigenvalue weighted by Gasteiger charge is -2.27. The van der Waals surface area contributed by atoms with Crippen molar-refractivity contribution in [3.05, 3.63) is 22.9 Å². The number of aryl methyl sites for hydroxylation is 2. The third-order valence-corrected chi connectivity index (χ3v) is 5.90. The number of pyridine rings is 1. The van der Waals surface area contributed by atoms with E-state index in [1.807, 2.05) is 15.9 Å².